The summed E-state index contributed by atoms with van der Waals surface area (Å²) in [6.45, 7) is 1.55. The van der Waals surface area contributed by atoms with Gasteiger partial charge < -0.3 is 0 Å². The molecule has 0 saturated carbocycles. The molecule has 1 aromatic rings. The second-order valence-electron chi connectivity index (χ2n) is 3.61. The molecule has 16 heavy (non-hydrogen) atoms. The van der Waals surface area contributed by atoms with Gasteiger partial charge in [-0.05, 0) is 24.6 Å². The first-order chi connectivity index (χ1) is 7.45. The van der Waals surface area contributed by atoms with Gasteiger partial charge in [-0.25, -0.2) is 8.42 Å². The highest BCUT2D eigenvalue weighted by molar-refractivity contribution is 7.91. The Balaban J connectivity index is 2.81. The average molecular weight is 258 g/mol. The number of nitriles is 1. The van der Waals surface area contributed by atoms with Crippen LogP contribution in [0.25, 0.3) is 0 Å². The highest BCUT2D eigenvalue weighted by Gasteiger charge is 2.20. The van der Waals surface area contributed by atoms with Crippen molar-refractivity contribution in [2.45, 2.75) is 24.3 Å². The summed E-state index contributed by atoms with van der Waals surface area (Å²) in [5, 5.41) is 8.41. The Morgan fingerprint density at radius 3 is 2.44 bits per heavy atom. The Kier molecular flexibility index (Phi) is 4.34. The van der Waals surface area contributed by atoms with Crippen molar-refractivity contribution in [3.05, 3.63) is 34.9 Å². The molecule has 5 heteroatoms. The molecule has 0 aliphatic carbocycles. The molecule has 0 saturated heterocycles. The highest BCUT2D eigenvalue weighted by atomic mass is 35.5. The predicted molar refractivity (Wildman–Crippen MR) is 63.8 cm³/mol. The molecule has 0 radical (unpaired) electrons. The van der Waals surface area contributed by atoms with Gasteiger partial charge >= 0.3 is 0 Å². The van der Waals surface area contributed by atoms with E-state index in [2.05, 4.69) is 0 Å². The molecular weight excluding hydrogens is 246 g/mol. The molecule has 0 amide bonds. The third kappa shape index (κ3) is 3.51. The fourth-order valence-electron chi connectivity index (χ4n) is 1.21. The Morgan fingerprint density at radius 2 is 1.94 bits per heavy atom. The number of rotatable bonds is 4. The lowest BCUT2D eigenvalue weighted by Crippen LogP contribution is -2.19. The second kappa shape index (κ2) is 5.33. The van der Waals surface area contributed by atoms with Crippen LogP contribution < -0.4 is 0 Å². The summed E-state index contributed by atoms with van der Waals surface area (Å²) in [5.41, 5.74) is 0.689. The SMILES string of the molecule is CC(CC#N)S(=O)(=O)Cc1ccc(Cl)cc1. The fraction of sp³-hybridized carbons (Fsp3) is 0.364. The van der Waals surface area contributed by atoms with E-state index in [0.29, 0.717) is 10.6 Å². The van der Waals surface area contributed by atoms with Crippen molar-refractivity contribution < 1.29 is 8.42 Å². The largest absolute Gasteiger partial charge is 0.228 e. The van der Waals surface area contributed by atoms with Gasteiger partial charge in [0.1, 0.15) is 0 Å². The van der Waals surface area contributed by atoms with Crippen LogP contribution in [0.2, 0.25) is 5.02 Å². The molecular formula is C11H12ClNO2S. The molecule has 0 spiro atoms. The summed E-state index contributed by atoms with van der Waals surface area (Å²) >= 11 is 5.70. The summed E-state index contributed by atoms with van der Waals surface area (Å²) in [6, 6.07) is 8.54. The van der Waals surface area contributed by atoms with Crippen molar-refractivity contribution >= 4 is 21.4 Å². The van der Waals surface area contributed by atoms with E-state index in [1.807, 2.05) is 6.07 Å². The Bertz CT molecular complexity index is 488. The third-order valence-electron chi connectivity index (χ3n) is 2.27. The van der Waals surface area contributed by atoms with E-state index in [-0.39, 0.29) is 12.2 Å². The molecule has 86 valence electrons. The van der Waals surface area contributed by atoms with Gasteiger partial charge in [0.2, 0.25) is 0 Å². The molecule has 1 atom stereocenters. The maximum absolute atomic E-state index is 11.8. The van der Waals surface area contributed by atoms with Crippen LogP contribution in [-0.4, -0.2) is 13.7 Å². The number of benzene rings is 1. The molecule has 1 aromatic carbocycles. The first kappa shape index (κ1) is 13.0. The molecule has 1 rings (SSSR count). The van der Waals surface area contributed by atoms with Crippen LogP contribution in [0.15, 0.2) is 24.3 Å². The first-order valence-corrected chi connectivity index (χ1v) is 6.88. The first-order valence-electron chi connectivity index (χ1n) is 4.78. The fourth-order valence-corrected chi connectivity index (χ4v) is 2.61. The van der Waals surface area contributed by atoms with Gasteiger partial charge in [0.25, 0.3) is 0 Å². The van der Waals surface area contributed by atoms with Crippen molar-refractivity contribution in [3.63, 3.8) is 0 Å². The van der Waals surface area contributed by atoms with Gasteiger partial charge in [-0.3, -0.25) is 0 Å². The molecule has 0 aliphatic rings. The van der Waals surface area contributed by atoms with Crippen LogP contribution in [0.1, 0.15) is 18.9 Å². The number of sulfone groups is 1. The van der Waals surface area contributed by atoms with Gasteiger partial charge in [0.15, 0.2) is 9.84 Å². The Hall–Kier alpha value is -1.05. The van der Waals surface area contributed by atoms with Crippen LogP contribution in [0.3, 0.4) is 0 Å². The van der Waals surface area contributed by atoms with Crippen LogP contribution in [-0.2, 0) is 15.6 Å². The zero-order chi connectivity index (χ0) is 12.2. The van der Waals surface area contributed by atoms with E-state index in [1.165, 1.54) is 0 Å². The average Bonchev–Trinajstić information content (AvgIpc) is 2.21. The van der Waals surface area contributed by atoms with E-state index in [9.17, 15) is 8.42 Å². The van der Waals surface area contributed by atoms with Crippen molar-refractivity contribution in [2.75, 3.05) is 0 Å². The Labute approximate surface area is 101 Å². The minimum atomic E-state index is -3.25. The summed E-state index contributed by atoms with van der Waals surface area (Å²) in [6.07, 6.45) is 0.0237. The van der Waals surface area contributed by atoms with E-state index < -0.39 is 15.1 Å². The number of hydrogen-bond acceptors (Lipinski definition) is 3. The second-order valence-corrected chi connectivity index (χ2v) is 6.46. The molecule has 0 heterocycles. The molecule has 0 N–H and O–H groups in total. The van der Waals surface area contributed by atoms with E-state index in [0.717, 1.165) is 0 Å². The zero-order valence-corrected chi connectivity index (χ0v) is 10.4. The van der Waals surface area contributed by atoms with Crippen molar-refractivity contribution in [1.82, 2.24) is 0 Å². The highest BCUT2D eigenvalue weighted by Crippen LogP contribution is 2.15. The lowest BCUT2D eigenvalue weighted by molar-refractivity contribution is 0.583. The van der Waals surface area contributed by atoms with Crippen LogP contribution in [0.5, 0.6) is 0 Å². The summed E-state index contributed by atoms with van der Waals surface area (Å²) in [4.78, 5) is 0. The van der Waals surface area contributed by atoms with E-state index in [4.69, 9.17) is 16.9 Å². The summed E-state index contributed by atoms with van der Waals surface area (Å²) in [7, 11) is -3.25. The summed E-state index contributed by atoms with van der Waals surface area (Å²) in [5.74, 6) is -0.0486. The van der Waals surface area contributed by atoms with Gasteiger partial charge in [0, 0.05) is 5.02 Å². The molecule has 0 bridgehead atoms. The van der Waals surface area contributed by atoms with E-state index >= 15 is 0 Å². The van der Waals surface area contributed by atoms with Gasteiger partial charge in [-0.2, -0.15) is 5.26 Å². The van der Waals surface area contributed by atoms with Crippen LogP contribution in [0, 0.1) is 11.3 Å². The van der Waals surface area contributed by atoms with Crippen molar-refractivity contribution in [1.29, 1.82) is 5.26 Å². The van der Waals surface area contributed by atoms with Crippen LogP contribution >= 0.6 is 11.6 Å². The topological polar surface area (TPSA) is 57.9 Å². The third-order valence-corrected chi connectivity index (χ3v) is 4.65. The van der Waals surface area contributed by atoms with Gasteiger partial charge in [-0.1, -0.05) is 23.7 Å². The van der Waals surface area contributed by atoms with E-state index in [1.54, 1.807) is 31.2 Å². The maximum Gasteiger partial charge on any atom is 0.158 e. The lowest BCUT2D eigenvalue weighted by Gasteiger charge is -2.09. The number of nitrogens with zero attached hydrogens (tertiary/aromatic N) is 1. The van der Waals surface area contributed by atoms with Crippen molar-refractivity contribution in [3.8, 4) is 6.07 Å². The van der Waals surface area contributed by atoms with Gasteiger partial charge in [-0.15, -0.1) is 0 Å². The lowest BCUT2D eigenvalue weighted by atomic mass is 10.2. The predicted octanol–water partition coefficient (Wildman–Crippen LogP) is 2.56. The van der Waals surface area contributed by atoms with Crippen LogP contribution in [0.4, 0.5) is 0 Å². The number of hydrogen-bond donors (Lipinski definition) is 0. The molecule has 3 nitrogen and oxygen atoms in total. The van der Waals surface area contributed by atoms with Crippen molar-refractivity contribution in [2.24, 2.45) is 0 Å². The zero-order valence-electron chi connectivity index (χ0n) is 8.85. The minimum absolute atomic E-state index is 0.0237. The summed E-state index contributed by atoms with van der Waals surface area (Å²) < 4.78 is 23.6. The molecule has 1 unspecified atom stereocenters. The monoisotopic (exact) mass is 257 g/mol. The maximum atomic E-state index is 11.8. The quantitative estimate of drug-likeness (QED) is 0.833. The van der Waals surface area contributed by atoms with Gasteiger partial charge in [0.05, 0.1) is 23.5 Å². The minimum Gasteiger partial charge on any atom is -0.228 e. The normalized spacial score (nSPS) is 13.1. The Morgan fingerprint density at radius 1 is 1.38 bits per heavy atom. The molecule has 0 aliphatic heterocycles. The molecule has 0 aromatic heterocycles. The number of halogens is 1. The molecule has 0 fully saturated rings. The smallest absolute Gasteiger partial charge is 0.158 e. The standard InChI is InChI=1S/C11H12ClNO2S/c1-9(6-7-13)16(14,15)8-10-2-4-11(12)5-3-10/h2-5,9H,6,8H2,1H3.